The third-order valence-corrected chi connectivity index (χ3v) is 3.59. The van der Waals surface area contributed by atoms with Crippen molar-refractivity contribution >= 4 is 23.2 Å². The lowest BCUT2D eigenvalue weighted by Crippen LogP contribution is -2.19. The van der Waals surface area contributed by atoms with E-state index in [0.29, 0.717) is 16.5 Å². The number of benzene rings is 2. The number of hydrogen-bond acceptors (Lipinski definition) is 1. The van der Waals surface area contributed by atoms with Crippen LogP contribution in [0.1, 0.15) is 17.2 Å². The molecule has 0 saturated heterocycles. The Morgan fingerprint density at radius 3 is 2.63 bits per heavy atom. The van der Waals surface area contributed by atoms with Gasteiger partial charge in [0.1, 0.15) is 5.82 Å². The molecular formula is C15H14Cl2FN. The van der Waals surface area contributed by atoms with Gasteiger partial charge < -0.3 is 5.32 Å². The fourth-order valence-corrected chi connectivity index (χ4v) is 2.51. The van der Waals surface area contributed by atoms with E-state index in [0.717, 1.165) is 11.1 Å². The topological polar surface area (TPSA) is 12.0 Å². The van der Waals surface area contributed by atoms with Crippen molar-refractivity contribution in [3.05, 3.63) is 69.5 Å². The lowest BCUT2D eigenvalue weighted by atomic mass is 9.99. The fraction of sp³-hybridized carbons (Fsp3) is 0.200. The van der Waals surface area contributed by atoms with Gasteiger partial charge in [-0.25, -0.2) is 4.39 Å². The molecule has 0 heterocycles. The highest BCUT2D eigenvalue weighted by Gasteiger charge is 2.14. The summed E-state index contributed by atoms with van der Waals surface area (Å²) < 4.78 is 13.3. The molecule has 0 bridgehead atoms. The predicted molar refractivity (Wildman–Crippen MR) is 78.4 cm³/mol. The van der Waals surface area contributed by atoms with E-state index < -0.39 is 0 Å². The van der Waals surface area contributed by atoms with Crippen molar-refractivity contribution in [3.63, 3.8) is 0 Å². The lowest BCUT2D eigenvalue weighted by molar-refractivity contribution is 0.577. The summed E-state index contributed by atoms with van der Waals surface area (Å²) >= 11 is 12.1. The predicted octanol–water partition coefficient (Wildman–Crippen LogP) is 4.64. The number of nitrogens with one attached hydrogen (secondary N) is 1. The Labute approximate surface area is 122 Å². The van der Waals surface area contributed by atoms with Crippen molar-refractivity contribution in [2.45, 2.75) is 12.5 Å². The van der Waals surface area contributed by atoms with Crippen LogP contribution in [0, 0.1) is 5.82 Å². The zero-order valence-electron chi connectivity index (χ0n) is 10.5. The van der Waals surface area contributed by atoms with E-state index in [1.165, 1.54) is 12.1 Å². The van der Waals surface area contributed by atoms with Gasteiger partial charge in [-0.15, -0.1) is 0 Å². The molecule has 1 unspecified atom stereocenters. The quantitative estimate of drug-likeness (QED) is 0.867. The highest BCUT2D eigenvalue weighted by molar-refractivity contribution is 6.31. The number of halogens is 3. The molecule has 0 fully saturated rings. The van der Waals surface area contributed by atoms with Gasteiger partial charge >= 0.3 is 0 Å². The van der Waals surface area contributed by atoms with Crippen molar-refractivity contribution in [1.82, 2.24) is 5.32 Å². The molecule has 2 aromatic carbocycles. The zero-order valence-corrected chi connectivity index (χ0v) is 12.0. The first-order valence-electron chi connectivity index (χ1n) is 5.97. The zero-order chi connectivity index (χ0) is 13.8. The summed E-state index contributed by atoms with van der Waals surface area (Å²) in [6.45, 7) is 0. The van der Waals surface area contributed by atoms with Crippen LogP contribution < -0.4 is 5.32 Å². The van der Waals surface area contributed by atoms with Gasteiger partial charge in [0.05, 0.1) is 0 Å². The second kappa shape index (κ2) is 6.38. The Morgan fingerprint density at radius 1 is 1.16 bits per heavy atom. The summed E-state index contributed by atoms with van der Waals surface area (Å²) in [7, 11) is 1.83. The molecule has 0 spiro atoms. The smallest absolute Gasteiger partial charge is 0.123 e. The van der Waals surface area contributed by atoms with Gasteiger partial charge in [-0.1, -0.05) is 35.3 Å². The molecule has 0 saturated carbocycles. The van der Waals surface area contributed by atoms with Crippen molar-refractivity contribution in [2.24, 2.45) is 0 Å². The van der Waals surface area contributed by atoms with Gasteiger partial charge in [-0.2, -0.15) is 0 Å². The molecule has 2 aromatic rings. The second-order valence-electron chi connectivity index (χ2n) is 4.34. The van der Waals surface area contributed by atoms with E-state index in [1.54, 1.807) is 6.07 Å². The molecule has 0 aromatic heterocycles. The third kappa shape index (κ3) is 3.69. The van der Waals surface area contributed by atoms with Crippen LogP contribution in [0.2, 0.25) is 10.0 Å². The minimum Gasteiger partial charge on any atom is -0.313 e. The maximum Gasteiger partial charge on any atom is 0.123 e. The third-order valence-electron chi connectivity index (χ3n) is 3.01. The minimum atomic E-state index is -0.286. The number of likely N-dealkylation sites (N-methyl/N-ethyl adjacent to an activating group) is 1. The van der Waals surface area contributed by atoms with Gasteiger partial charge in [0.2, 0.25) is 0 Å². The Morgan fingerprint density at radius 2 is 1.95 bits per heavy atom. The lowest BCUT2D eigenvalue weighted by Gasteiger charge is -2.18. The molecule has 0 aliphatic heterocycles. The number of rotatable bonds is 4. The summed E-state index contributed by atoms with van der Waals surface area (Å²) in [6.07, 6.45) is 0.695. The summed E-state index contributed by atoms with van der Waals surface area (Å²) in [4.78, 5) is 0. The molecule has 1 atom stereocenters. The van der Waals surface area contributed by atoms with E-state index in [4.69, 9.17) is 23.2 Å². The Balaban J connectivity index is 2.27. The average molecular weight is 298 g/mol. The van der Waals surface area contributed by atoms with E-state index >= 15 is 0 Å². The minimum absolute atomic E-state index is 0.0540. The van der Waals surface area contributed by atoms with E-state index in [-0.39, 0.29) is 11.9 Å². The summed E-state index contributed by atoms with van der Waals surface area (Å²) in [5, 5.41) is 4.41. The first-order valence-corrected chi connectivity index (χ1v) is 6.72. The first kappa shape index (κ1) is 14.3. The molecule has 100 valence electrons. The standard InChI is InChI=1S/C15H14Cl2FN/c1-19-15(8-10-3-2-4-11(16)7-10)13-9-12(18)5-6-14(13)17/h2-7,9,15,19H,8H2,1H3. The van der Waals surface area contributed by atoms with Gasteiger partial charge in [0.25, 0.3) is 0 Å². The Bertz CT molecular complexity index is 572. The molecule has 2 rings (SSSR count). The molecule has 0 radical (unpaired) electrons. The van der Waals surface area contributed by atoms with E-state index in [2.05, 4.69) is 5.32 Å². The Kier molecular flexibility index (Phi) is 4.81. The highest BCUT2D eigenvalue weighted by Crippen LogP contribution is 2.27. The molecule has 0 amide bonds. The van der Waals surface area contributed by atoms with E-state index in [1.807, 2.05) is 31.3 Å². The van der Waals surface area contributed by atoms with Crippen LogP contribution in [0.15, 0.2) is 42.5 Å². The monoisotopic (exact) mass is 297 g/mol. The maximum atomic E-state index is 13.3. The van der Waals surface area contributed by atoms with Gasteiger partial charge in [-0.3, -0.25) is 0 Å². The average Bonchev–Trinajstić information content (AvgIpc) is 2.39. The molecule has 1 nitrogen and oxygen atoms in total. The first-order chi connectivity index (χ1) is 9.10. The summed E-state index contributed by atoms with van der Waals surface area (Å²) in [6, 6.07) is 12.0. The number of hydrogen-bond donors (Lipinski definition) is 1. The molecule has 19 heavy (non-hydrogen) atoms. The van der Waals surface area contributed by atoms with Crippen molar-refractivity contribution in [2.75, 3.05) is 7.05 Å². The van der Waals surface area contributed by atoms with Crippen LogP contribution >= 0.6 is 23.2 Å². The van der Waals surface area contributed by atoms with Crippen molar-refractivity contribution < 1.29 is 4.39 Å². The molecule has 0 aliphatic carbocycles. The van der Waals surface area contributed by atoms with Crippen LogP contribution in [0.25, 0.3) is 0 Å². The molecular weight excluding hydrogens is 284 g/mol. The molecule has 1 N–H and O–H groups in total. The fourth-order valence-electron chi connectivity index (χ4n) is 2.05. The normalized spacial score (nSPS) is 12.4. The van der Waals surface area contributed by atoms with Crippen LogP contribution in [0.5, 0.6) is 0 Å². The largest absolute Gasteiger partial charge is 0.313 e. The maximum absolute atomic E-state index is 13.3. The van der Waals surface area contributed by atoms with Gasteiger partial charge in [0.15, 0.2) is 0 Å². The summed E-state index contributed by atoms with van der Waals surface area (Å²) in [5.74, 6) is -0.286. The van der Waals surface area contributed by atoms with Crippen molar-refractivity contribution in [1.29, 1.82) is 0 Å². The second-order valence-corrected chi connectivity index (χ2v) is 5.18. The molecule has 0 aliphatic rings. The van der Waals surface area contributed by atoms with Crippen LogP contribution in [-0.4, -0.2) is 7.05 Å². The molecule has 4 heteroatoms. The SMILES string of the molecule is CNC(Cc1cccc(Cl)c1)c1cc(F)ccc1Cl. The van der Waals surface area contributed by atoms with Gasteiger partial charge in [0, 0.05) is 16.1 Å². The van der Waals surface area contributed by atoms with E-state index in [9.17, 15) is 4.39 Å². The highest BCUT2D eigenvalue weighted by atomic mass is 35.5. The van der Waals surface area contributed by atoms with Crippen LogP contribution in [0.4, 0.5) is 4.39 Å². The van der Waals surface area contributed by atoms with Crippen molar-refractivity contribution in [3.8, 4) is 0 Å². The van der Waals surface area contributed by atoms with Crippen LogP contribution in [0.3, 0.4) is 0 Å². The Hall–Kier alpha value is -1.09. The van der Waals surface area contributed by atoms with Crippen LogP contribution in [-0.2, 0) is 6.42 Å². The van der Waals surface area contributed by atoms with Gasteiger partial charge in [-0.05, 0) is 54.9 Å². The summed E-state index contributed by atoms with van der Waals surface area (Å²) in [5.41, 5.74) is 1.83.